The fourth-order valence-corrected chi connectivity index (χ4v) is 3.55. The Balaban J connectivity index is 1.65. The van der Waals surface area contributed by atoms with E-state index in [0.29, 0.717) is 11.6 Å². The molecule has 0 radical (unpaired) electrons. The van der Waals surface area contributed by atoms with E-state index in [0.717, 1.165) is 44.1 Å². The van der Waals surface area contributed by atoms with E-state index in [-0.39, 0.29) is 5.91 Å². The molecule has 0 saturated heterocycles. The van der Waals surface area contributed by atoms with Crippen LogP contribution in [-0.4, -0.2) is 23.2 Å². The maximum absolute atomic E-state index is 12.6. The van der Waals surface area contributed by atoms with Crippen molar-refractivity contribution in [3.63, 3.8) is 0 Å². The summed E-state index contributed by atoms with van der Waals surface area (Å²) in [4.78, 5) is 12.6. The largest absolute Gasteiger partial charge is 0.388 e. The Hall–Kier alpha value is -1.06. The SMILES string of the molecule is O=C(NCC1(O)CCCCC1)C1(c2cccc(Cl)c2)CC1. The van der Waals surface area contributed by atoms with E-state index < -0.39 is 11.0 Å². The van der Waals surface area contributed by atoms with Gasteiger partial charge in [-0.15, -0.1) is 0 Å². The molecule has 0 aliphatic heterocycles. The van der Waals surface area contributed by atoms with Crippen LogP contribution in [0.5, 0.6) is 0 Å². The Morgan fingerprint density at radius 3 is 2.52 bits per heavy atom. The molecule has 1 amide bonds. The molecule has 0 heterocycles. The molecule has 2 saturated carbocycles. The monoisotopic (exact) mass is 307 g/mol. The predicted molar refractivity (Wildman–Crippen MR) is 83.4 cm³/mol. The third-order valence-electron chi connectivity index (χ3n) is 4.92. The summed E-state index contributed by atoms with van der Waals surface area (Å²) in [5.41, 5.74) is -0.142. The second-order valence-corrected chi connectivity index (χ2v) is 7.00. The van der Waals surface area contributed by atoms with E-state index >= 15 is 0 Å². The Labute approximate surface area is 130 Å². The van der Waals surface area contributed by atoms with Gasteiger partial charge in [0.05, 0.1) is 11.0 Å². The van der Waals surface area contributed by atoms with Gasteiger partial charge in [0.1, 0.15) is 0 Å². The molecule has 114 valence electrons. The van der Waals surface area contributed by atoms with E-state index in [1.54, 1.807) is 0 Å². The van der Waals surface area contributed by atoms with Gasteiger partial charge in [-0.1, -0.05) is 43.0 Å². The number of carbonyl (C=O) groups excluding carboxylic acids is 1. The molecule has 3 rings (SSSR count). The van der Waals surface area contributed by atoms with Crippen LogP contribution in [0.4, 0.5) is 0 Å². The van der Waals surface area contributed by atoms with Gasteiger partial charge in [0.25, 0.3) is 0 Å². The van der Waals surface area contributed by atoms with Crippen molar-refractivity contribution < 1.29 is 9.90 Å². The summed E-state index contributed by atoms with van der Waals surface area (Å²) in [6.07, 6.45) is 6.57. The number of rotatable bonds is 4. The zero-order valence-corrected chi connectivity index (χ0v) is 13.0. The number of carbonyl (C=O) groups is 1. The summed E-state index contributed by atoms with van der Waals surface area (Å²) in [5.74, 6) is 0.0313. The molecule has 0 unspecified atom stereocenters. The number of aliphatic hydroxyl groups is 1. The van der Waals surface area contributed by atoms with Crippen LogP contribution < -0.4 is 5.32 Å². The van der Waals surface area contributed by atoms with Gasteiger partial charge in [0.2, 0.25) is 5.91 Å². The molecule has 0 bridgehead atoms. The summed E-state index contributed by atoms with van der Waals surface area (Å²) in [5, 5.41) is 14.1. The van der Waals surface area contributed by atoms with Gasteiger partial charge in [-0.2, -0.15) is 0 Å². The molecule has 1 aromatic rings. The average molecular weight is 308 g/mol. The predicted octanol–water partition coefficient (Wildman–Crippen LogP) is 3.18. The molecular weight excluding hydrogens is 286 g/mol. The molecule has 2 fully saturated rings. The molecule has 0 aromatic heterocycles. The van der Waals surface area contributed by atoms with Gasteiger partial charge in [0, 0.05) is 11.6 Å². The minimum atomic E-state index is -0.710. The minimum Gasteiger partial charge on any atom is -0.388 e. The topological polar surface area (TPSA) is 49.3 Å². The first kappa shape index (κ1) is 14.9. The molecule has 0 atom stereocenters. The van der Waals surface area contributed by atoms with Crippen molar-refractivity contribution in [2.24, 2.45) is 0 Å². The molecule has 2 N–H and O–H groups in total. The van der Waals surface area contributed by atoms with Gasteiger partial charge in [0.15, 0.2) is 0 Å². The highest BCUT2D eigenvalue weighted by molar-refractivity contribution is 6.30. The summed E-state index contributed by atoms with van der Waals surface area (Å²) in [7, 11) is 0. The Morgan fingerprint density at radius 2 is 1.90 bits per heavy atom. The zero-order valence-electron chi connectivity index (χ0n) is 12.2. The first-order valence-electron chi connectivity index (χ1n) is 7.81. The molecule has 21 heavy (non-hydrogen) atoms. The lowest BCUT2D eigenvalue weighted by Crippen LogP contribution is -2.47. The highest BCUT2D eigenvalue weighted by Crippen LogP contribution is 2.49. The zero-order chi connectivity index (χ0) is 14.9. The standard InChI is InChI=1S/C17H22ClNO2/c18-14-6-4-5-13(11-14)17(9-10-17)15(20)19-12-16(21)7-2-1-3-8-16/h4-6,11,21H,1-3,7-10,12H2,(H,19,20). The smallest absolute Gasteiger partial charge is 0.230 e. The van der Waals surface area contributed by atoms with Crippen LogP contribution in [-0.2, 0) is 10.2 Å². The minimum absolute atomic E-state index is 0.0313. The third kappa shape index (κ3) is 3.09. The summed E-state index contributed by atoms with van der Waals surface area (Å²) in [6, 6.07) is 7.56. The van der Waals surface area contributed by atoms with E-state index in [9.17, 15) is 9.90 Å². The summed E-state index contributed by atoms with van der Waals surface area (Å²) in [6.45, 7) is 0.369. The maximum atomic E-state index is 12.6. The van der Waals surface area contributed by atoms with E-state index in [1.807, 2.05) is 24.3 Å². The van der Waals surface area contributed by atoms with E-state index in [4.69, 9.17) is 11.6 Å². The molecule has 2 aliphatic carbocycles. The summed E-state index contributed by atoms with van der Waals surface area (Å²) < 4.78 is 0. The Kier molecular flexibility index (Phi) is 3.98. The summed E-state index contributed by atoms with van der Waals surface area (Å²) >= 11 is 6.03. The maximum Gasteiger partial charge on any atom is 0.230 e. The number of halogens is 1. The molecule has 0 spiro atoms. The van der Waals surface area contributed by atoms with Crippen molar-refractivity contribution in [1.82, 2.24) is 5.32 Å². The molecule has 4 heteroatoms. The lowest BCUT2D eigenvalue weighted by Gasteiger charge is -2.32. The highest BCUT2D eigenvalue weighted by atomic mass is 35.5. The van der Waals surface area contributed by atoms with Crippen LogP contribution in [0.2, 0.25) is 5.02 Å². The Morgan fingerprint density at radius 1 is 1.19 bits per heavy atom. The molecule has 1 aromatic carbocycles. The number of benzene rings is 1. The number of hydrogen-bond donors (Lipinski definition) is 2. The van der Waals surface area contributed by atoms with Crippen molar-refractivity contribution in [2.45, 2.75) is 56.0 Å². The van der Waals surface area contributed by atoms with Crippen LogP contribution in [0.1, 0.15) is 50.5 Å². The van der Waals surface area contributed by atoms with Gasteiger partial charge >= 0.3 is 0 Å². The molecule has 2 aliphatic rings. The van der Waals surface area contributed by atoms with Crippen LogP contribution in [0.15, 0.2) is 24.3 Å². The van der Waals surface area contributed by atoms with Crippen molar-refractivity contribution in [3.8, 4) is 0 Å². The van der Waals surface area contributed by atoms with E-state index in [1.165, 1.54) is 6.42 Å². The quantitative estimate of drug-likeness (QED) is 0.897. The van der Waals surface area contributed by atoms with Crippen molar-refractivity contribution in [1.29, 1.82) is 0 Å². The second kappa shape index (κ2) is 5.62. The lowest BCUT2D eigenvalue weighted by atomic mass is 9.84. The van der Waals surface area contributed by atoms with Crippen LogP contribution in [0.25, 0.3) is 0 Å². The molecular formula is C17H22ClNO2. The van der Waals surface area contributed by atoms with Gasteiger partial charge in [-0.3, -0.25) is 4.79 Å². The Bertz CT molecular complexity index is 533. The first-order valence-corrected chi connectivity index (χ1v) is 8.19. The number of nitrogens with one attached hydrogen (secondary N) is 1. The van der Waals surface area contributed by atoms with Crippen molar-refractivity contribution >= 4 is 17.5 Å². The van der Waals surface area contributed by atoms with Crippen LogP contribution >= 0.6 is 11.6 Å². The number of hydrogen-bond acceptors (Lipinski definition) is 2. The van der Waals surface area contributed by atoms with Gasteiger partial charge in [-0.05, 0) is 43.4 Å². The van der Waals surface area contributed by atoms with Crippen molar-refractivity contribution in [2.75, 3.05) is 6.54 Å². The van der Waals surface area contributed by atoms with Crippen LogP contribution in [0.3, 0.4) is 0 Å². The van der Waals surface area contributed by atoms with Crippen molar-refractivity contribution in [3.05, 3.63) is 34.9 Å². The lowest BCUT2D eigenvalue weighted by molar-refractivity contribution is -0.125. The normalized spacial score (nSPS) is 22.6. The number of amides is 1. The average Bonchev–Trinajstić information content (AvgIpc) is 3.27. The fraction of sp³-hybridized carbons (Fsp3) is 0.588. The first-order chi connectivity index (χ1) is 10.0. The van der Waals surface area contributed by atoms with E-state index in [2.05, 4.69) is 5.32 Å². The second-order valence-electron chi connectivity index (χ2n) is 6.56. The van der Waals surface area contributed by atoms with Gasteiger partial charge in [-0.25, -0.2) is 0 Å². The van der Waals surface area contributed by atoms with Crippen LogP contribution in [0, 0.1) is 0 Å². The van der Waals surface area contributed by atoms with Gasteiger partial charge < -0.3 is 10.4 Å². The third-order valence-corrected chi connectivity index (χ3v) is 5.16. The molecule has 3 nitrogen and oxygen atoms in total. The highest BCUT2D eigenvalue weighted by Gasteiger charge is 2.51. The fourth-order valence-electron chi connectivity index (χ4n) is 3.36.